The van der Waals surface area contributed by atoms with E-state index in [1.165, 1.54) is 11.1 Å². The quantitative estimate of drug-likeness (QED) is 0.824. The highest BCUT2D eigenvalue weighted by atomic mass is 32.1. The molecule has 2 aromatic heterocycles. The molecule has 2 aromatic rings. The maximum absolute atomic E-state index is 11.7. The maximum Gasteiger partial charge on any atom is 0.316 e. The molecule has 0 radical (unpaired) electrons. The van der Waals surface area contributed by atoms with Crippen molar-refractivity contribution in [2.75, 3.05) is 7.11 Å². The van der Waals surface area contributed by atoms with Crippen molar-refractivity contribution in [2.45, 2.75) is 13.3 Å². The van der Waals surface area contributed by atoms with Crippen LogP contribution in [-0.4, -0.2) is 26.0 Å². The first-order chi connectivity index (χ1) is 8.60. The Hall–Kier alpha value is -1.89. The van der Waals surface area contributed by atoms with Crippen LogP contribution >= 0.6 is 12.8 Å². The van der Waals surface area contributed by atoms with Gasteiger partial charge in [-0.1, -0.05) is 12.8 Å². The van der Waals surface area contributed by atoms with Crippen molar-refractivity contribution in [1.29, 1.82) is 0 Å². The van der Waals surface area contributed by atoms with Gasteiger partial charge in [-0.2, -0.15) is 4.98 Å². The molecule has 0 unspecified atom stereocenters. The van der Waals surface area contributed by atoms with Crippen molar-refractivity contribution >= 4 is 12.8 Å². The van der Waals surface area contributed by atoms with Crippen molar-refractivity contribution < 1.29 is 4.74 Å². The molecule has 0 saturated carbocycles. The lowest BCUT2D eigenvalue weighted by molar-refractivity contribution is 0.379. The fourth-order valence-electron chi connectivity index (χ4n) is 1.45. The summed E-state index contributed by atoms with van der Waals surface area (Å²) >= 11 is 4.18. The van der Waals surface area contributed by atoms with E-state index < -0.39 is 0 Å². The molecule has 0 N–H and O–H groups in total. The van der Waals surface area contributed by atoms with E-state index in [1.807, 2.05) is 0 Å². The van der Waals surface area contributed by atoms with Gasteiger partial charge in [0.1, 0.15) is 5.82 Å². The lowest BCUT2D eigenvalue weighted by Crippen LogP contribution is -2.17. The van der Waals surface area contributed by atoms with Crippen LogP contribution in [0.15, 0.2) is 23.4 Å². The highest BCUT2D eigenvalue weighted by Gasteiger charge is 2.06. The van der Waals surface area contributed by atoms with Crippen LogP contribution in [0.3, 0.4) is 0 Å². The third-order valence-corrected chi connectivity index (χ3v) is 2.81. The second kappa shape index (κ2) is 5.18. The predicted molar refractivity (Wildman–Crippen MR) is 69.0 cm³/mol. The van der Waals surface area contributed by atoms with E-state index >= 15 is 0 Å². The molecule has 6 nitrogen and oxygen atoms in total. The van der Waals surface area contributed by atoms with Gasteiger partial charge in [0.15, 0.2) is 0 Å². The van der Waals surface area contributed by atoms with E-state index in [1.54, 1.807) is 25.5 Å². The largest absolute Gasteiger partial charge is 0.467 e. The average Bonchev–Trinajstić information content (AvgIpc) is 2.37. The summed E-state index contributed by atoms with van der Waals surface area (Å²) in [4.78, 5) is 23.5. The van der Waals surface area contributed by atoms with Crippen molar-refractivity contribution in [2.24, 2.45) is 0 Å². The average molecular weight is 264 g/mol. The lowest BCUT2D eigenvalue weighted by atomic mass is 10.1. The van der Waals surface area contributed by atoms with Crippen LogP contribution in [0.5, 0.6) is 6.01 Å². The molecule has 0 aliphatic carbocycles. The van der Waals surface area contributed by atoms with Gasteiger partial charge in [-0.3, -0.25) is 8.77 Å². The minimum atomic E-state index is -0.256. The van der Waals surface area contributed by atoms with Crippen molar-refractivity contribution in [1.82, 2.24) is 18.9 Å². The van der Waals surface area contributed by atoms with Crippen LogP contribution in [0.25, 0.3) is 0 Å². The Morgan fingerprint density at radius 3 is 2.67 bits per heavy atom. The molecule has 2 heterocycles. The van der Waals surface area contributed by atoms with E-state index in [4.69, 9.17) is 4.74 Å². The third-order valence-electron chi connectivity index (χ3n) is 2.41. The van der Waals surface area contributed by atoms with Gasteiger partial charge >= 0.3 is 6.01 Å². The molecule has 0 aliphatic rings. The number of aromatic nitrogens is 4. The summed E-state index contributed by atoms with van der Waals surface area (Å²) in [7, 11) is 1.50. The van der Waals surface area contributed by atoms with Gasteiger partial charge in [0, 0.05) is 30.6 Å². The van der Waals surface area contributed by atoms with Crippen LogP contribution in [0.1, 0.15) is 17.0 Å². The minimum absolute atomic E-state index is 0.256. The molecule has 0 aliphatic heterocycles. The molecule has 0 atom stereocenters. The molecule has 7 heteroatoms. The zero-order valence-electron chi connectivity index (χ0n) is 9.99. The lowest BCUT2D eigenvalue weighted by Gasteiger charge is -2.05. The first-order valence-electron chi connectivity index (χ1n) is 5.23. The number of hydrogen-bond acceptors (Lipinski definition) is 6. The Kier molecular flexibility index (Phi) is 3.61. The number of thiol groups is 1. The standard InChI is InChI=1S/C11H12N4O2S/c1-7-14-10(16)9(6-15(7)18)3-8-4-12-11(17-2)13-5-8/h4-6,18H,3H2,1-2H3. The SMILES string of the molecule is COc1ncc(Cc2cn(S)c(C)nc2=O)cn1. The highest BCUT2D eigenvalue weighted by Crippen LogP contribution is 2.07. The van der Waals surface area contributed by atoms with Gasteiger partial charge in [-0.15, -0.1) is 0 Å². The zero-order valence-corrected chi connectivity index (χ0v) is 10.9. The van der Waals surface area contributed by atoms with Crippen LogP contribution in [0.2, 0.25) is 0 Å². The molecule has 2 rings (SSSR count). The Balaban J connectivity index is 2.28. The fraction of sp³-hybridized carbons (Fsp3) is 0.273. The molecule has 0 amide bonds. The van der Waals surface area contributed by atoms with E-state index in [-0.39, 0.29) is 5.56 Å². The molecule has 0 fully saturated rings. The Morgan fingerprint density at radius 2 is 2.06 bits per heavy atom. The van der Waals surface area contributed by atoms with Gasteiger partial charge in [-0.05, 0) is 12.5 Å². The third kappa shape index (κ3) is 2.67. The number of methoxy groups -OCH3 is 1. The first kappa shape index (κ1) is 12.6. The number of ether oxygens (including phenoxy) is 1. The number of aryl methyl sites for hydroxylation is 1. The Morgan fingerprint density at radius 1 is 1.39 bits per heavy atom. The van der Waals surface area contributed by atoms with Gasteiger partial charge in [0.05, 0.1) is 7.11 Å². The summed E-state index contributed by atoms with van der Waals surface area (Å²) in [6.45, 7) is 1.72. The fourth-order valence-corrected chi connectivity index (χ4v) is 1.63. The molecule has 94 valence electrons. The van der Waals surface area contributed by atoms with Crippen molar-refractivity contribution in [3.63, 3.8) is 0 Å². The van der Waals surface area contributed by atoms with Crippen LogP contribution in [0, 0.1) is 6.92 Å². The summed E-state index contributed by atoms with van der Waals surface area (Å²) in [6.07, 6.45) is 5.30. The molecule has 0 aromatic carbocycles. The van der Waals surface area contributed by atoms with E-state index in [0.29, 0.717) is 23.8 Å². The van der Waals surface area contributed by atoms with Gasteiger partial charge < -0.3 is 4.74 Å². The summed E-state index contributed by atoms with van der Waals surface area (Å²) in [5, 5.41) is 0. The molecule has 0 bridgehead atoms. The van der Waals surface area contributed by atoms with Gasteiger partial charge in [0.2, 0.25) is 0 Å². The predicted octanol–water partition coefficient (Wildman–Crippen LogP) is 0.634. The number of hydrogen-bond donors (Lipinski definition) is 1. The smallest absolute Gasteiger partial charge is 0.316 e. The molecule has 18 heavy (non-hydrogen) atoms. The highest BCUT2D eigenvalue weighted by molar-refractivity contribution is 7.78. The van der Waals surface area contributed by atoms with Crippen LogP contribution in [0.4, 0.5) is 0 Å². The second-order valence-electron chi connectivity index (χ2n) is 3.72. The Labute approximate surface area is 109 Å². The van der Waals surface area contributed by atoms with E-state index in [9.17, 15) is 4.79 Å². The van der Waals surface area contributed by atoms with Gasteiger partial charge in [-0.25, -0.2) is 9.97 Å². The first-order valence-corrected chi connectivity index (χ1v) is 5.63. The van der Waals surface area contributed by atoms with Crippen LogP contribution in [-0.2, 0) is 6.42 Å². The summed E-state index contributed by atoms with van der Waals surface area (Å²) < 4.78 is 6.38. The molecular weight excluding hydrogens is 252 g/mol. The number of rotatable bonds is 3. The topological polar surface area (TPSA) is 69.9 Å². The normalized spacial score (nSPS) is 10.4. The maximum atomic E-state index is 11.7. The molecular formula is C11H12N4O2S. The zero-order chi connectivity index (χ0) is 13.1. The Bertz CT molecular complexity index is 609. The monoisotopic (exact) mass is 264 g/mol. The summed E-state index contributed by atoms with van der Waals surface area (Å²) in [5.74, 6) is 0.554. The van der Waals surface area contributed by atoms with Gasteiger partial charge in [0.25, 0.3) is 5.56 Å². The minimum Gasteiger partial charge on any atom is -0.467 e. The molecule has 0 saturated heterocycles. The van der Waals surface area contributed by atoms with E-state index in [2.05, 4.69) is 27.8 Å². The van der Waals surface area contributed by atoms with Crippen LogP contribution < -0.4 is 10.3 Å². The van der Waals surface area contributed by atoms with Crippen molar-refractivity contribution in [3.8, 4) is 6.01 Å². The summed E-state index contributed by atoms with van der Waals surface area (Å²) in [5.41, 5.74) is 1.10. The van der Waals surface area contributed by atoms with E-state index in [0.717, 1.165) is 5.56 Å². The summed E-state index contributed by atoms with van der Waals surface area (Å²) in [6, 6.07) is 0.299. The second-order valence-corrected chi connectivity index (χ2v) is 4.15. The molecule has 0 spiro atoms. The van der Waals surface area contributed by atoms with Crippen molar-refractivity contribution in [3.05, 3.63) is 45.9 Å². The number of nitrogens with zero attached hydrogens (tertiary/aromatic N) is 4.